The molecule has 2 aromatic carbocycles. The number of rotatable bonds is 5. The molecule has 1 aliphatic heterocycles. The monoisotopic (exact) mass is 402 g/mol. The number of anilines is 1. The number of benzene rings is 2. The van der Waals surface area contributed by atoms with E-state index < -0.39 is 21.7 Å². The van der Waals surface area contributed by atoms with E-state index in [4.69, 9.17) is 4.74 Å². The Balaban J connectivity index is 1.80. The highest BCUT2D eigenvalue weighted by Crippen LogP contribution is 2.35. The Kier molecular flexibility index (Phi) is 5.39. The van der Waals surface area contributed by atoms with Gasteiger partial charge in [-0.2, -0.15) is 0 Å². The number of nitrogens with one attached hydrogen (secondary N) is 1. The molecule has 1 N–H and O–H groups in total. The van der Waals surface area contributed by atoms with E-state index in [-0.39, 0.29) is 12.5 Å². The van der Waals surface area contributed by atoms with Crippen LogP contribution in [0.4, 0.5) is 5.69 Å². The fourth-order valence-electron chi connectivity index (χ4n) is 3.38. The number of aryl methyl sites for hydroxylation is 1. The van der Waals surface area contributed by atoms with Crippen LogP contribution < -0.4 is 14.4 Å². The van der Waals surface area contributed by atoms with Gasteiger partial charge in [-0.15, -0.1) is 0 Å². The second-order valence-electron chi connectivity index (χ2n) is 7.91. The van der Waals surface area contributed by atoms with Crippen molar-refractivity contribution in [1.82, 2.24) is 5.32 Å². The molecule has 0 fully saturated rings. The molecule has 0 saturated heterocycles. The third kappa shape index (κ3) is 4.65. The number of carbonyl (C=O) groups excluding carboxylic acids is 1. The van der Waals surface area contributed by atoms with Crippen molar-refractivity contribution in [2.45, 2.75) is 38.8 Å². The number of amides is 1. The predicted molar refractivity (Wildman–Crippen MR) is 110 cm³/mol. The van der Waals surface area contributed by atoms with Crippen LogP contribution in [0.2, 0.25) is 0 Å². The zero-order chi connectivity index (χ0) is 20.5. The molecule has 0 radical (unpaired) electrons. The van der Waals surface area contributed by atoms with Gasteiger partial charge in [-0.3, -0.25) is 9.10 Å². The van der Waals surface area contributed by atoms with Gasteiger partial charge in [0.2, 0.25) is 10.0 Å². The standard InChI is InChI=1S/C21H26N2O4S/c1-15-10-11-18-17(12-15)23(28(4,25)26)14-19(27-18)20(24)22-21(2,3)13-16-8-6-5-7-9-16/h5-12,19H,13-14H2,1-4H3,(H,22,24)/t19-/m1/s1. The Morgan fingerprint density at radius 1 is 1.21 bits per heavy atom. The molecule has 2 aromatic rings. The second-order valence-corrected chi connectivity index (χ2v) is 9.81. The van der Waals surface area contributed by atoms with Crippen LogP contribution >= 0.6 is 0 Å². The molecule has 1 atom stereocenters. The van der Waals surface area contributed by atoms with E-state index in [1.165, 1.54) is 4.31 Å². The first-order chi connectivity index (χ1) is 13.0. The maximum absolute atomic E-state index is 12.9. The molecule has 0 aromatic heterocycles. The summed E-state index contributed by atoms with van der Waals surface area (Å²) < 4.78 is 31.7. The molecule has 1 heterocycles. The summed E-state index contributed by atoms with van der Waals surface area (Å²) in [4.78, 5) is 12.9. The van der Waals surface area contributed by atoms with Gasteiger partial charge in [0.05, 0.1) is 18.5 Å². The minimum Gasteiger partial charge on any atom is -0.476 e. The molecule has 7 heteroatoms. The molecule has 1 aliphatic rings. The van der Waals surface area contributed by atoms with Crippen molar-refractivity contribution in [1.29, 1.82) is 0 Å². The highest BCUT2D eigenvalue weighted by atomic mass is 32.2. The lowest BCUT2D eigenvalue weighted by Gasteiger charge is -2.36. The van der Waals surface area contributed by atoms with Crippen molar-refractivity contribution in [3.05, 3.63) is 59.7 Å². The van der Waals surface area contributed by atoms with Gasteiger partial charge in [-0.05, 0) is 50.5 Å². The van der Waals surface area contributed by atoms with E-state index in [0.29, 0.717) is 17.9 Å². The number of carbonyl (C=O) groups is 1. The molecule has 28 heavy (non-hydrogen) atoms. The lowest BCUT2D eigenvalue weighted by Crippen LogP contribution is -2.55. The third-order valence-corrected chi connectivity index (χ3v) is 5.77. The molecule has 0 bridgehead atoms. The summed E-state index contributed by atoms with van der Waals surface area (Å²) >= 11 is 0. The topological polar surface area (TPSA) is 75.7 Å². The molecule has 0 saturated carbocycles. The summed E-state index contributed by atoms with van der Waals surface area (Å²) in [5.41, 5.74) is 1.99. The highest BCUT2D eigenvalue weighted by Gasteiger charge is 2.36. The molecular weight excluding hydrogens is 376 g/mol. The van der Waals surface area contributed by atoms with Crippen molar-refractivity contribution in [2.24, 2.45) is 0 Å². The van der Waals surface area contributed by atoms with Crippen molar-refractivity contribution in [3.63, 3.8) is 0 Å². The number of fused-ring (bicyclic) bond motifs is 1. The van der Waals surface area contributed by atoms with Crippen LogP contribution in [0, 0.1) is 6.92 Å². The Morgan fingerprint density at radius 3 is 2.54 bits per heavy atom. The number of sulfonamides is 1. The molecule has 0 unspecified atom stereocenters. The minimum absolute atomic E-state index is 0.0530. The lowest BCUT2D eigenvalue weighted by molar-refractivity contribution is -0.129. The predicted octanol–water partition coefficient (Wildman–Crippen LogP) is 2.66. The quantitative estimate of drug-likeness (QED) is 0.834. The Bertz CT molecular complexity index is 971. The Hall–Kier alpha value is -2.54. The Labute approximate surface area is 166 Å². The SMILES string of the molecule is Cc1ccc2c(c1)N(S(C)(=O)=O)C[C@H](C(=O)NC(C)(C)Cc1ccccc1)O2. The van der Waals surface area contributed by atoms with Crippen LogP contribution in [0.3, 0.4) is 0 Å². The van der Waals surface area contributed by atoms with E-state index in [1.807, 2.05) is 57.2 Å². The van der Waals surface area contributed by atoms with Gasteiger partial charge in [0.1, 0.15) is 5.75 Å². The fourth-order valence-corrected chi connectivity index (χ4v) is 4.28. The molecule has 6 nitrogen and oxygen atoms in total. The average Bonchev–Trinajstić information content (AvgIpc) is 2.59. The molecule has 0 aliphatic carbocycles. The first-order valence-corrected chi connectivity index (χ1v) is 11.0. The molecule has 1 amide bonds. The van der Waals surface area contributed by atoms with E-state index in [2.05, 4.69) is 5.32 Å². The smallest absolute Gasteiger partial charge is 0.263 e. The van der Waals surface area contributed by atoms with Crippen molar-refractivity contribution < 1.29 is 17.9 Å². The van der Waals surface area contributed by atoms with Gasteiger partial charge in [-0.25, -0.2) is 8.42 Å². The van der Waals surface area contributed by atoms with Crippen molar-refractivity contribution in [3.8, 4) is 5.75 Å². The highest BCUT2D eigenvalue weighted by molar-refractivity contribution is 7.92. The van der Waals surface area contributed by atoms with Gasteiger partial charge in [0.25, 0.3) is 5.91 Å². The first-order valence-electron chi connectivity index (χ1n) is 9.16. The molecule has 150 valence electrons. The van der Waals surface area contributed by atoms with Crippen LogP contribution in [-0.4, -0.2) is 38.8 Å². The zero-order valence-electron chi connectivity index (χ0n) is 16.6. The summed E-state index contributed by atoms with van der Waals surface area (Å²) in [5.74, 6) is 0.0593. The molecular formula is C21H26N2O4S. The summed E-state index contributed by atoms with van der Waals surface area (Å²) in [6, 6.07) is 15.2. The van der Waals surface area contributed by atoms with Crippen LogP contribution in [0.15, 0.2) is 48.5 Å². The molecule has 3 rings (SSSR count). The van der Waals surface area contributed by atoms with Gasteiger partial charge < -0.3 is 10.1 Å². The largest absolute Gasteiger partial charge is 0.476 e. The van der Waals surface area contributed by atoms with Crippen molar-refractivity contribution in [2.75, 3.05) is 17.1 Å². The number of nitrogens with zero attached hydrogens (tertiary/aromatic N) is 1. The van der Waals surface area contributed by atoms with Gasteiger partial charge in [0.15, 0.2) is 6.10 Å². The Morgan fingerprint density at radius 2 is 1.89 bits per heavy atom. The van der Waals surface area contributed by atoms with E-state index in [0.717, 1.165) is 17.4 Å². The first kappa shape index (κ1) is 20.2. The number of ether oxygens (including phenoxy) is 1. The normalized spacial score (nSPS) is 16.9. The summed E-state index contributed by atoms with van der Waals surface area (Å²) in [6.45, 7) is 5.70. The van der Waals surface area contributed by atoms with Crippen LogP contribution in [0.5, 0.6) is 5.75 Å². The zero-order valence-corrected chi connectivity index (χ0v) is 17.4. The minimum atomic E-state index is -3.54. The number of hydrogen-bond acceptors (Lipinski definition) is 4. The lowest BCUT2D eigenvalue weighted by atomic mass is 9.94. The van der Waals surface area contributed by atoms with E-state index in [1.54, 1.807) is 12.1 Å². The molecule has 0 spiro atoms. The maximum Gasteiger partial charge on any atom is 0.263 e. The van der Waals surface area contributed by atoms with E-state index in [9.17, 15) is 13.2 Å². The van der Waals surface area contributed by atoms with Gasteiger partial charge in [0, 0.05) is 5.54 Å². The average molecular weight is 403 g/mol. The van der Waals surface area contributed by atoms with Crippen LogP contribution in [-0.2, 0) is 21.2 Å². The third-order valence-electron chi connectivity index (χ3n) is 4.63. The second kappa shape index (κ2) is 7.47. The van der Waals surface area contributed by atoms with E-state index >= 15 is 0 Å². The summed E-state index contributed by atoms with van der Waals surface area (Å²) in [5, 5.41) is 3.00. The summed E-state index contributed by atoms with van der Waals surface area (Å²) in [6.07, 6.45) is 0.872. The van der Waals surface area contributed by atoms with Gasteiger partial charge >= 0.3 is 0 Å². The van der Waals surface area contributed by atoms with Crippen molar-refractivity contribution >= 4 is 21.6 Å². The van der Waals surface area contributed by atoms with Gasteiger partial charge in [-0.1, -0.05) is 36.4 Å². The van der Waals surface area contributed by atoms with Crippen LogP contribution in [0.25, 0.3) is 0 Å². The number of hydrogen-bond donors (Lipinski definition) is 1. The van der Waals surface area contributed by atoms with Crippen LogP contribution in [0.1, 0.15) is 25.0 Å². The maximum atomic E-state index is 12.9. The summed E-state index contributed by atoms with van der Waals surface area (Å²) in [7, 11) is -3.54. The fraction of sp³-hybridized carbons (Fsp3) is 0.381.